The summed E-state index contributed by atoms with van der Waals surface area (Å²) in [5.41, 5.74) is 0. The number of rotatable bonds is 1. The number of hydrogen-bond acceptors (Lipinski definition) is 3. The number of carbonyl (C=O) groups is 2. The van der Waals surface area contributed by atoms with Gasteiger partial charge in [-0.2, -0.15) is 0 Å². The summed E-state index contributed by atoms with van der Waals surface area (Å²) in [6.07, 6.45) is 2.28. The van der Waals surface area contributed by atoms with Crippen LogP contribution in [0.25, 0.3) is 0 Å². The highest BCUT2D eigenvalue weighted by molar-refractivity contribution is 6.39. The maximum atomic E-state index is 11.4. The van der Waals surface area contributed by atoms with E-state index in [4.69, 9.17) is 11.6 Å². The normalized spacial score (nSPS) is 42.5. The summed E-state index contributed by atoms with van der Waals surface area (Å²) in [5, 5.41) is 0. The molecule has 0 aromatic carbocycles. The molecule has 3 nitrogen and oxygen atoms in total. The van der Waals surface area contributed by atoms with Crippen LogP contribution in [-0.4, -0.2) is 23.7 Å². The van der Waals surface area contributed by atoms with E-state index in [1.165, 1.54) is 7.11 Å². The van der Waals surface area contributed by atoms with Crippen LogP contribution in [-0.2, 0) is 14.3 Å². The first kappa shape index (κ1) is 9.00. The second-order valence-electron chi connectivity index (χ2n) is 3.70. The molecule has 0 heterocycles. The number of halogens is 1. The zero-order valence-corrected chi connectivity index (χ0v) is 8.13. The average molecular weight is 203 g/mol. The monoisotopic (exact) mass is 202 g/mol. The minimum atomic E-state index is -1.01. The van der Waals surface area contributed by atoms with E-state index in [9.17, 15) is 9.59 Å². The van der Waals surface area contributed by atoms with Crippen molar-refractivity contribution in [3.05, 3.63) is 0 Å². The van der Waals surface area contributed by atoms with Gasteiger partial charge in [0.25, 0.3) is 0 Å². The summed E-state index contributed by atoms with van der Waals surface area (Å²) in [4.78, 5) is 21.7. The predicted molar refractivity (Wildman–Crippen MR) is 46.4 cm³/mol. The van der Waals surface area contributed by atoms with Crippen LogP contribution < -0.4 is 0 Å². The highest BCUT2D eigenvalue weighted by Crippen LogP contribution is 2.61. The Morgan fingerprint density at radius 2 is 2.38 bits per heavy atom. The minimum Gasteiger partial charge on any atom is -0.468 e. The molecule has 0 spiro atoms. The summed E-state index contributed by atoms with van der Waals surface area (Å²) in [5.74, 6) is -0.561. The van der Waals surface area contributed by atoms with Gasteiger partial charge in [0, 0.05) is 12.3 Å². The van der Waals surface area contributed by atoms with Crippen molar-refractivity contribution in [1.82, 2.24) is 0 Å². The molecule has 0 N–H and O–H groups in total. The molecule has 2 aliphatic rings. The van der Waals surface area contributed by atoms with Gasteiger partial charge in [0.1, 0.15) is 5.78 Å². The Morgan fingerprint density at radius 3 is 2.92 bits per heavy atom. The molecule has 0 aliphatic heterocycles. The maximum absolute atomic E-state index is 11.4. The fourth-order valence-corrected chi connectivity index (χ4v) is 2.87. The molecular weight excluding hydrogens is 192 g/mol. The van der Waals surface area contributed by atoms with Crippen molar-refractivity contribution in [2.24, 2.45) is 11.8 Å². The molecule has 0 radical (unpaired) electrons. The lowest BCUT2D eigenvalue weighted by Crippen LogP contribution is -2.23. The van der Waals surface area contributed by atoms with Crippen molar-refractivity contribution in [3.63, 3.8) is 0 Å². The van der Waals surface area contributed by atoms with E-state index in [0.717, 1.165) is 12.8 Å². The minimum absolute atomic E-state index is 0.0304. The van der Waals surface area contributed by atoms with Gasteiger partial charge in [-0.3, -0.25) is 9.59 Å². The van der Waals surface area contributed by atoms with Crippen LogP contribution in [0.15, 0.2) is 0 Å². The highest BCUT2D eigenvalue weighted by atomic mass is 35.5. The first-order valence-electron chi connectivity index (χ1n) is 4.42. The number of alkyl halides is 1. The Kier molecular flexibility index (Phi) is 1.88. The van der Waals surface area contributed by atoms with Crippen molar-refractivity contribution >= 4 is 23.4 Å². The second kappa shape index (κ2) is 2.71. The summed E-state index contributed by atoms with van der Waals surface area (Å²) in [7, 11) is 1.31. The molecular formula is C9H11ClO3. The van der Waals surface area contributed by atoms with Gasteiger partial charge in [0.2, 0.25) is 0 Å². The molecule has 0 aromatic heterocycles. The maximum Gasteiger partial charge on any atom is 0.328 e. The number of ketones is 1. The Labute approximate surface area is 81.4 Å². The molecule has 2 saturated carbocycles. The molecule has 0 amide bonds. The van der Waals surface area contributed by atoms with Gasteiger partial charge in [0.05, 0.1) is 13.0 Å². The standard InChI is InChI=1S/C9H11ClO3/c1-13-8(12)9(10)5-3-2-4-6(11)7(5)9/h5,7H,2-4H2,1H3/t5-,7-,9-/m0/s1. The van der Waals surface area contributed by atoms with Crippen molar-refractivity contribution in [1.29, 1.82) is 0 Å². The fourth-order valence-electron chi connectivity index (χ4n) is 2.35. The third kappa shape index (κ3) is 1.03. The largest absolute Gasteiger partial charge is 0.468 e. The van der Waals surface area contributed by atoms with Crippen LogP contribution in [0.4, 0.5) is 0 Å². The highest BCUT2D eigenvalue weighted by Gasteiger charge is 2.73. The van der Waals surface area contributed by atoms with Crippen molar-refractivity contribution < 1.29 is 14.3 Å². The van der Waals surface area contributed by atoms with Crippen molar-refractivity contribution in [2.45, 2.75) is 24.1 Å². The predicted octanol–water partition coefficient (Wildman–Crippen LogP) is 1.14. The molecule has 0 bridgehead atoms. The zero-order chi connectivity index (χ0) is 9.64. The smallest absolute Gasteiger partial charge is 0.328 e. The number of methoxy groups -OCH3 is 1. The molecule has 72 valence electrons. The lowest BCUT2D eigenvalue weighted by molar-refractivity contribution is -0.142. The summed E-state index contributed by atoms with van der Waals surface area (Å²) in [6.45, 7) is 0. The number of Topliss-reactive ketones (excluding diaryl/α,β-unsaturated/α-hetero) is 1. The van der Waals surface area contributed by atoms with E-state index in [-0.39, 0.29) is 17.6 Å². The summed E-state index contributed by atoms with van der Waals surface area (Å²) >= 11 is 6.07. The zero-order valence-electron chi connectivity index (χ0n) is 7.38. The quantitative estimate of drug-likeness (QED) is 0.473. The molecule has 13 heavy (non-hydrogen) atoms. The number of hydrogen-bond donors (Lipinski definition) is 0. The molecule has 0 unspecified atom stereocenters. The van der Waals surface area contributed by atoms with Crippen LogP contribution in [0.5, 0.6) is 0 Å². The molecule has 2 fully saturated rings. The van der Waals surface area contributed by atoms with Gasteiger partial charge in [0.15, 0.2) is 4.87 Å². The van der Waals surface area contributed by atoms with Crippen LogP contribution in [0, 0.1) is 11.8 Å². The Hall–Kier alpha value is -0.570. The number of fused-ring (bicyclic) bond motifs is 1. The van der Waals surface area contributed by atoms with E-state index >= 15 is 0 Å². The van der Waals surface area contributed by atoms with E-state index in [0.29, 0.717) is 6.42 Å². The number of carbonyl (C=O) groups excluding carboxylic acids is 2. The lowest BCUT2D eigenvalue weighted by atomic mass is 10.00. The first-order chi connectivity index (χ1) is 6.12. The number of esters is 1. The van der Waals surface area contributed by atoms with E-state index in [1.54, 1.807) is 0 Å². The summed E-state index contributed by atoms with van der Waals surface area (Å²) < 4.78 is 4.59. The van der Waals surface area contributed by atoms with Gasteiger partial charge < -0.3 is 4.74 Å². The molecule has 2 aliphatic carbocycles. The first-order valence-corrected chi connectivity index (χ1v) is 4.80. The third-order valence-corrected chi connectivity index (χ3v) is 3.74. The Bertz CT molecular complexity index is 276. The van der Waals surface area contributed by atoms with Crippen LogP contribution >= 0.6 is 11.6 Å². The molecule has 0 aromatic rings. The molecule has 2 rings (SSSR count). The molecule has 4 heteroatoms. The third-order valence-electron chi connectivity index (χ3n) is 3.07. The summed E-state index contributed by atoms with van der Waals surface area (Å²) in [6, 6.07) is 0. The Morgan fingerprint density at radius 1 is 1.69 bits per heavy atom. The lowest BCUT2D eigenvalue weighted by Gasteiger charge is -2.04. The van der Waals surface area contributed by atoms with E-state index in [1.807, 2.05) is 0 Å². The average Bonchev–Trinajstić information content (AvgIpc) is 2.74. The topological polar surface area (TPSA) is 43.4 Å². The van der Waals surface area contributed by atoms with Gasteiger partial charge in [-0.05, 0) is 12.8 Å². The number of ether oxygens (including phenoxy) is 1. The van der Waals surface area contributed by atoms with Crippen molar-refractivity contribution in [2.75, 3.05) is 7.11 Å². The Balaban J connectivity index is 2.20. The SMILES string of the molecule is COC(=O)[C@@]1(Cl)[C@@H]2C(=O)CCC[C@@H]21. The van der Waals surface area contributed by atoms with Gasteiger partial charge in [-0.25, -0.2) is 0 Å². The van der Waals surface area contributed by atoms with E-state index < -0.39 is 10.8 Å². The fraction of sp³-hybridized carbons (Fsp3) is 0.778. The van der Waals surface area contributed by atoms with Crippen LogP contribution in [0.2, 0.25) is 0 Å². The van der Waals surface area contributed by atoms with Crippen LogP contribution in [0.3, 0.4) is 0 Å². The van der Waals surface area contributed by atoms with Crippen molar-refractivity contribution in [3.8, 4) is 0 Å². The van der Waals surface area contributed by atoms with E-state index in [2.05, 4.69) is 4.74 Å². The van der Waals surface area contributed by atoms with Crippen LogP contribution in [0.1, 0.15) is 19.3 Å². The molecule has 0 saturated heterocycles. The van der Waals surface area contributed by atoms with Gasteiger partial charge in [-0.1, -0.05) is 0 Å². The molecule has 3 atom stereocenters. The second-order valence-corrected chi connectivity index (χ2v) is 4.33. The van der Waals surface area contributed by atoms with Gasteiger partial charge in [-0.15, -0.1) is 11.6 Å². The van der Waals surface area contributed by atoms with Gasteiger partial charge >= 0.3 is 5.97 Å².